The number of imidazole rings is 1. The maximum Gasteiger partial charge on any atom is 0.315 e. The summed E-state index contributed by atoms with van der Waals surface area (Å²) in [5.41, 5.74) is 3.60. The summed E-state index contributed by atoms with van der Waals surface area (Å²) in [6.07, 6.45) is 0. The number of aromatic nitrogens is 2. The molecule has 9 heteroatoms. The first kappa shape index (κ1) is 21.9. The van der Waals surface area contributed by atoms with Crippen LogP contribution < -0.4 is 18.9 Å². The second-order valence-corrected chi connectivity index (χ2v) is 7.37. The van der Waals surface area contributed by atoms with Gasteiger partial charge in [-0.15, -0.1) is 0 Å². The average Bonchev–Trinajstić information content (AvgIpc) is 3.25. The summed E-state index contributed by atoms with van der Waals surface area (Å²) >= 11 is 0. The van der Waals surface area contributed by atoms with Crippen LogP contribution in [0.25, 0.3) is 22.4 Å². The number of nitro groups is 1. The van der Waals surface area contributed by atoms with Crippen molar-refractivity contribution in [2.45, 2.75) is 13.5 Å². The summed E-state index contributed by atoms with van der Waals surface area (Å²) in [6, 6.07) is 14.3. The fourth-order valence-corrected chi connectivity index (χ4v) is 3.47. The molecule has 4 aromatic rings. The smallest absolute Gasteiger partial charge is 0.315 e. The van der Waals surface area contributed by atoms with Gasteiger partial charge >= 0.3 is 5.69 Å². The molecule has 1 aromatic heterocycles. The SMILES string of the molecule is COc1cc2nc(-c3cc(OC)c(OCc4ccc(C)cc4)c([N+](=O)[O-])c3)[nH]c2cc1OC. The van der Waals surface area contributed by atoms with Gasteiger partial charge in [0.15, 0.2) is 17.2 Å². The van der Waals surface area contributed by atoms with E-state index in [4.69, 9.17) is 18.9 Å². The highest BCUT2D eigenvalue weighted by molar-refractivity contribution is 5.84. The number of benzene rings is 3. The van der Waals surface area contributed by atoms with E-state index in [1.165, 1.54) is 13.2 Å². The fraction of sp³-hybridized carbons (Fsp3) is 0.208. The van der Waals surface area contributed by atoms with Gasteiger partial charge in [-0.25, -0.2) is 4.98 Å². The lowest BCUT2D eigenvalue weighted by molar-refractivity contribution is -0.386. The molecule has 0 aliphatic heterocycles. The third kappa shape index (κ3) is 4.38. The van der Waals surface area contributed by atoms with Gasteiger partial charge in [0.2, 0.25) is 5.75 Å². The molecular weight excluding hydrogens is 426 g/mol. The molecule has 0 spiro atoms. The summed E-state index contributed by atoms with van der Waals surface area (Å²) in [5, 5.41) is 11.9. The number of hydrogen-bond acceptors (Lipinski definition) is 7. The summed E-state index contributed by atoms with van der Waals surface area (Å²) in [7, 11) is 4.53. The molecule has 0 saturated heterocycles. The summed E-state index contributed by atoms with van der Waals surface area (Å²) in [6.45, 7) is 2.16. The summed E-state index contributed by atoms with van der Waals surface area (Å²) in [4.78, 5) is 19.1. The van der Waals surface area contributed by atoms with E-state index < -0.39 is 4.92 Å². The standard InChI is InChI=1S/C24H23N3O6/c1-14-5-7-15(8-6-14)13-33-23-19(27(28)29)9-16(10-22(23)32-4)24-25-17-11-20(30-2)21(31-3)12-18(17)26-24/h5-12H,13H2,1-4H3,(H,25,26). The zero-order valence-electron chi connectivity index (χ0n) is 18.7. The van der Waals surface area contributed by atoms with Crippen molar-refractivity contribution in [1.29, 1.82) is 0 Å². The Morgan fingerprint density at radius 1 is 0.939 bits per heavy atom. The van der Waals surface area contributed by atoms with E-state index in [9.17, 15) is 10.1 Å². The van der Waals surface area contributed by atoms with Crippen molar-refractivity contribution < 1.29 is 23.9 Å². The van der Waals surface area contributed by atoms with Crippen molar-refractivity contribution >= 4 is 16.7 Å². The minimum absolute atomic E-state index is 0.0614. The van der Waals surface area contributed by atoms with Gasteiger partial charge in [0.1, 0.15) is 12.4 Å². The average molecular weight is 449 g/mol. The summed E-state index contributed by atoms with van der Waals surface area (Å²) < 4.78 is 21.9. The van der Waals surface area contributed by atoms with Crippen molar-refractivity contribution in [2.24, 2.45) is 0 Å². The molecule has 1 N–H and O–H groups in total. The minimum atomic E-state index is -0.495. The van der Waals surface area contributed by atoms with E-state index in [0.29, 0.717) is 33.9 Å². The highest BCUT2D eigenvalue weighted by Crippen LogP contribution is 2.42. The van der Waals surface area contributed by atoms with Crippen molar-refractivity contribution in [3.63, 3.8) is 0 Å². The molecular formula is C24H23N3O6. The predicted octanol–water partition coefficient (Wildman–Crippen LogP) is 5.05. The monoisotopic (exact) mass is 449 g/mol. The lowest BCUT2D eigenvalue weighted by Gasteiger charge is -2.12. The quantitative estimate of drug-likeness (QED) is 0.296. The number of aryl methyl sites for hydroxylation is 1. The number of methoxy groups -OCH3 is 3. The van der Waals surface area contributed by atoms with Crippen LogP contribution in [-0.2, 0) is 6.61 Å². The number of aromatic amines is 1. The van der Waals surface area contributed by atoms with Gasteiger partial charge in [-0.2, -0.15) is 0 Å². The van der Waals surface area contributed by atoms with Crippen LogP contribution in [0.5, 0.6) is 23.0 Å². The van der Waals surface area contributed by atoms with Gasteiger partial charge in [-0.1, -0.05) is 29.8 Å². The molecule has 0 bridgehead atoms. The van der Waals surface area contributed by atoms with E-state index >= 15 is 0 Å². The number of hydrogen-bond donors (Lipinski definition) is 1. The molecule has 0 fully saturated rings. The lowest BCUT2D eigenvalue weighted by atomic mass is 10.1. The van der Waals surface area contributed by atoms with Crippen LogP contribution >= 0.6 is 0 Å². The first-order chi connectivity index (χ1) is 15.9. The lowest BCUT2D eigenvalue weighted by Crippen LogP contribution is -2.02. The molecule has 1 heterocycles. The molecule has 170 valence electrons. The number of nitro benzene ring substituents is 1. The number of nitrogens with zero attached hydrogens (tertiary/aromatic N) is 2. The molecule has 0 amide bonds. The number of ether oxygens (including phenoxy) is 4. The molecule has 4 rings (SSSR count). The molecule has 0 unspecified atom stereocenters. The minimum Gasteiger partial charge on any atom is -0.493 e. The Balaban J connectivity index is 1.74. The van der Waals surface area contributed by atoms with Gasteiger partial charge in [-0.05, 0) is 18.6 Å². The third-order valence-electron chi connectivity index (χ3n) is 5.22. The van der Waals surface area contributed by atoms with Crippen LogP contribution in [0.3, 0.4) is 0 Å². The van der Waals surface area contributed by atoms with Crippen molar-refractivity contribution in [3.05, 3.63) is 69.8 Å². The molecule has 3 aromatic carbocycles. The Morgan fingerprint density at radius 3 is 2.24 bits per heavy atom. The predicted molar refractivity (Wildman–Crippen MR) is 123 cm³/mol. The zero-order valence-corrected chi connectivity index (χ0v) is 18.7. The largest absolute Gasteiger partial charge is 0.493 e. The fourth-order valence-electron chi connectivity index (χ4n) is 3.47. The van der Waals surface area contributed by atoms with Gasteiger partial charge in [-0.3, -0.25) is 10.1 Å². The van der Waals surface area contributed by atoms with E-state index in [1.54, 1.807) is 32.4 Å². The van der Waals surface area contributed by atoms with Crippen LogP contribution in [-0.4, -0.2) is 36.2 Å². The maximum atomic E-state index is 11.9. The van der Waals surface area contributed by atoms with E-state index in [0.717, 1.165) is 11.1 Å². The van der Waals surface area contributed by atoms with Crippen molar-refractivity contribution in [2.75, 3.05) is 21.3 Å². The van der Waals surface area contributed by atoms with Gasteiger partial charge < -0.3 is 23.9 Å². The van der Waals surface area contributed by atoms with Gasteiger partial charge in [0.25, 0.3) is 0 Å². The first-order valence-corrected chi connectivity index (χ1v) is 10.1. The molecule has 0 atom stereocenters. The Morgan fingerprint density at radius 2 is 1.61 bits per heavy atom. The zero-order chi connectivity index (χ0) is 23.5. The molecule has 9 nitrogen and oxygen atoms in total. The highest BCUT2D eigenvalue weighted by Gasteiger charge is 2.24. The van der Waals surface area contributed by atoms with Crippen LogP contribution in [0.15, 0.2) is 48.5 Å². The second-order valence-electron chi connectivity index (χ2n) is 7.37. The molecule has 0 aliphatic carbocycles. The molecule has 0 radical (unpaired) electrons. The van der Waals surface area contributed by atoms with Crippen LogP contribution in [0.4, 0.5) is 5.69 Å². The first-order valence-electron chi connectivity index (χ1n) is 10.1. The normalized spacial score (nSPS) is 10.8. The highest BCUT2D eigenvalue weighted by atomic mass is 16.6. The second kappa shape index (κ2) is 9.07. The van der Waals surface area contributed by atoms with Gasteiger partial charge in [0.05, 0.1) is 37.3 Å². The van der Waals surface area contributed by atoms with E-state index in [-0.39, 0.29) is 23.8 Å². The van der Waals surface area contributed by atoms with E-state index in [2.05, 4.69) is 9.97 Å². The Labute approximate surface area is 190 Å². The number of H-pyrrole nitrogens is 1. The Hall–Kier alpha value is -4.27. The molecule has 0 aliphatic rings. The van der Waals surface area contributed by atoms with Crippen molar-refractivity contribution in [3.8, 4) is 34.4 Å². The number of nitrogens with one attached hydrogen (secondary N) is 1. The van der Waals surface area contributed by atoms with Crippen molar-refractivity contribution in [1.82, 2.24) is 9.97 Å². The maximum absolute atomic E-state index is 11.9. The van der Waals surface area contributed by atoms with Gasteiger partial charge in [0, 0.05) is 23.8 Å². The Bertz CT molecular complexity index is 1270. The number of fused-ring (bicyclic) bond motifs is 1. The van der Waals surface area contributed by atoms with Crippen LogP contribution in [0.1, 0.15) is 11.1 Å². The van der Waals surface area contributed by atoms with Crippen LogP contribution in [0, 0.1) is 17.0 Å². The number of rotatable bonds is 8. The summed E-state index contributed by atoms with van der Waals surface area (Å²) in [5.74, 6) is 1.81. The third-order valence-corrected chi connectivity index (χ3v) is 5.22. The van der Waals surface area contributed by atoms with E-state index in [1.807, 2.05) is 31.2 Å². The Kier molecular flexibility index (Phi) is 6.03. The molecule has 0 saturated carbocycles. The molecule has 33 heavy (non-hydrogen) atoms. The topological polar surface area (TPSA) is 109 Å². The van der Waals surface area contributed by atoms with Crippen LogP contribution in [0.2, 0.25) is 0 Å².